The molecule has 5 nitrogen and oxygen atoms in total. The lowest BCUT2D eigenvalue weighted by Gasteiger charge is -2.15. The summed E-state index contributed by atoms with van der Waals surface area (Å²) in [6.07, 6.45) is 0. The van der Waals surface area contributed by atoms with Gasteiger partial charge in [-0.25, -0.2) is 0 Å². The number of nitrogens with two attached hydrogens (primary N) is 1. The normalized spacial score (nSPS) is 10.5. The van der Waals surface area contributed by atoms with E-state index in [0.29, 0.717) is 22.2 Å². The van der Waals surface area contributed by atoms with E-state index in [9.17, 15) is 15.3 Å². The molecule has 0 aliphatic rings. The summed E-state index contributed by atoms with van der Waals surface area (Å²) in [5.74, 6) is 0. The van der Waals surface area contributed by atoms with Gasteiger partial charge in [-0.3, -0.25) is 9.36 Å². The molecule has 134 valence electrons. The van der Waals surface area contributed by atoms with Crippen molar-refractivity contribution in [2.75, 3.05) is 5.73 Å². The zero-order valence-electron chi connectivity index (χ0n) is 14.9. The third kappa shape index (κ3) is 2.64. The molecule has 6 heteroatoms. The number of anilines is 1. The number of benzene rings is 2. The molecule has 0 aliphatic carbocycles. The Balaban J connectivity index is 2.14. The largest absolute Gasteiger partial charge is 0.397 e. The quantitative estimate of drug-likeness (QED) is 0.557. The van der Waals surface area contributed by atoms with E-state index in [0.717, 1.165) is 16.0 Å². The zero-order chi connectivity index (χ0) is 19.8. The lowest BCUT2D eigenvalue weighted by Crippen LogP contribution is -2.23. The molecule has 4 rings (SSSR count). The van der Waals surface area contributed by atoms with Crippen molar-refractivity contribution in [2.45, 2.75) is 6.92 Å². The summed E-state index contributed by atoms with van der Waals surface area (Å²) >= 11 is 1.60. The van der Waals surface area contributed by atoms with Crippen LogP contribution in [0.2, 0.25) is 0 Å². The van der Waals surface area contributed by atoms with Crippen molar-refractivity contribution in [1.82, 2.24) is 4.57 Å². The number of fused-ring (bicyclic) bond motifs is 1. The van der Waals surface area contributed by atoms with Gasteiger partial charge >= 0.3 is 0 Å². The standard InChI is InChI=1S/C22H14N4OS/c1-13-4-6-16(9-15(13)11-23)26-19-10-14(20-3-2-8-28-20)5-7-17(19)21(25)18(12-24)22(26)27/h2-10H,25H2,1H3. The average molecular weight is 382 g/mol. The van der Waals surface area contributed by atoms with Gasteiger partial charge in [-0.15, -0.1) is 11.3 Å². The van der Waals surface area contributed by atoms with Crippen LogP contribution in [0.3, 0.4) is 0 Å². The van der Waals surface area contributed by atoms with Crippen molar-refractivity contribution in [2.24, 2.45) is 0 Å². The monoisotopic (exact) mass is 382 g/mol. The third-order valence-corrected chi connectivity index (χ3v) is 5.65. The van der Waals surface area contributed by atoms with Crippen LogP contribution in [0.25, 0.3) is 27.0 Å². The Labute approximate surface area is 165 Å². The van der Waals surface area contributed by atoms with E-state index in [-0.39, 0.29) is 11.3 Å². The van der Waals surface area contributed by atoms with Gasteiger partial charge < -0.3 is 5.73 Å². The number of nitriles is 2. The van der Waals surface area contributed by atoms with Crippen LogP contribution in [0.15, 0.2) is 58.7 Å². The van der Waals surface area contributed by atoms with Crippen LogP contribution in [0.1, 0.15) is 16.7 Å². The van der Waals surface area contributed by atoms with Gasteiger partial charge in [-0.2, -0.15) is 10.5 Å². The summed E-state index contributed by atoms with van der Waals surface area (Å²) in [5, 5.41) is 21.5. The van der Waals surface area contributed by atoms with Gasteiger partial charge in [0.2, 0.25) is 0 Å². The number of thiophene rings is 1. The minimum atomic E-state index is -0.497. The predicted molar refractivity (Wildman–Crippen MR) is 111 cm³/mol. The first kappa shape index (κ1) is 17.5. The summed E-state index contributed by atoms with van der Waals surface area (Å²) in [5.41, 5.74) is 9.08. The molecule has 4 aromatic rings. The van der Waals surface area contributed by atoms with Crippen LogP contribution >= 0.6 is 11.3 Å². The topological polar surface area (TPSA) is 95.6 Å². The molecule has 0 atom stereocenters. The SMILES string of the molecule is Cc1ccc(-n2c(=O)c(C#N)c(N)c3ccc(-c4cccs4)cc32)cc1C#N. The number of aromatic nitrogens is 1. The third-order valence-electron chi connectivity index (χ3n) is 4.73. The lowest BCUT2D eigenvalue weighted by atomic mass is 10.0. The minimum absolute atomic E-state index is 0.101. The van der Waals surface area contributed by atoms with Gasteiger partial charge in [0.05, 0.1) is 28.5 Å². The molecule has 0 radical (unpaired) electrons. The van der Waals surface area contributed by atoms with Crippen LogP contribution < -0.4 is 11.3 Å². The fourth-order valence-corrected chi connectivity index (χ4v) is 3.97. The van der Waals surface area contributed by atoms with Gasteiger partial charge in [0.25, 0.3) is 5.56 Å². The minimum Gasteiger partial charge on any atom is -0.397 e. The highest BCUT2D eigenvalue weighted by Crippen LogP contribution is 2.31. The van der Waals surface area contributed by atoms with Crippen LogP contribution in [0.4, 0.5) is 5.69 Å². The van der Waals surface area contributed by atoms with E-state index in [1.807, 2.05) is 48.7 Å². The number of nitrogen functional groups attached to an aromatic ring is 1. The van der Waals surface area contributed by atoms with Gasteiger partial charge in [0.15, 0.2) is 0 Å². The predicted octanol–water partition coefficient (Wildman–Crippen LogP) is 4.35. The van der Waals surface area contributed by atoms with Crippen molar-refractivity contribution >= 4 is 27.9 Å². The average Bonchev–Trinajstić information content (AvgIpc) is 3.24. The maximum atomic E-state index is 13.1. The molecule has 0 aliphatic heterocycles. The molecule has 28 heavy (non-hydrogen) atoms. The highest BCUT2D eigenvalue weighted by molar-refractivity contribution is 7.13. The Morgan fingerprint density at radius 2 is 1.89 bits per heavy atom. The highest BCUT2D eigenvalue weighted by atomic mass is 32.1. The van der Waals surface area contributed by atoms with E-state index in [1.54, 1.807) is 29.5 Å². The summed E-state index contributed by atoms with van der Waals surface area (Å²) in [4.78, 5) is 14.2. The number of aryl methyl sites for hydroxylation is 1. The molecule has 2 heterocycles. The number of nitrogens with zero attached hydrogens (tertiary/aromatic N) is 3. The Morgan fingerprint density at radius 3 is 2.57 bits per heavy atom. The molecule has 0 saturated heterocycles. The summed E-state index contributed by atoms with van der Waals surface area (Å²) in [6.45, 7) is 1.84. The van der Waals surface area contributed by atoms with Crippen LogP contribution in [-0.2, 0) is 0 Å². The molecule has 2 N–H and O–H groups in total. The molecule has 2 aromatic heterocycles. The van der Waals surface area contributed by atoms with Crippen LogP contribution in [0, 0.1) is 29.6 Å². The Kier molecular flexibility index (Phi) is 4.19. The van der Waals surface area contributed by atoms with Gasteiger partial charge in [0, 0.05) is 10.3 Å². The van der Waals surface area contributed by atoms with Gasteiger partial charge in [-0.05, 0) is 47.7 Å². The Morgan fingerprint density at radius 1 is 1.07 bits per heavy atom. The second-order valence-electron chi connectivity index (χ2n) is 6.36. The maximum Gasteiger partial charge on any atom is 0.275 e. The number of hydrogen-bond acceptors (Lipinski definition) is 5. The van der Waals surface area contributed by atoms with Gasteiger partial charge in [0.1, 0.15) is 11.6 Å². The maximum absolute atomic E-state index is 13.1. The summed E-state index contributed by atoms with van der Waals surface area (Å²) in [6, 6.07) is 18.9. The molecule has 0 saturated carbocycles. The van der Waals surface area contributed by atoms with E-state index in [2.05, 4.69) is 6.07 Å². The molecular formula is C22H14N4OS. The molecule has 2 aromatic carbocycles. The molecule has 0 bridgehead atoms. The molecule has 0 fully saturated rings. The fraction of sp³-hybridized carbons (Fsp3) is 0.0455. The highest BCUT2D eigenvalue weighted by Gasteiger charge is 2.17. The molecule has 0 unspecified atom stereocenters. The van der Waals surface area contributed by atoms with E-state index < -0.39 is 5.56 Å². The van der Waals surface area contributed by atoms with E-state index >= 15 is 0 Å². The van der Waals surface area contributed by atoms with Gasteiger partial charge in [-0.1, -0.05) is 24.3 Å². The number of hydrogen-bond donors (Lipinski definition) is 1. The van der Waals surface area contributed by atoms with Crippen LogP contribution in [0.5, 0.6) is 0 Å². The van der Waals surface area contributed by atoms with Crippen LogP contribution in [-0.4, -0.2) is 4.57 Å². The van der Waals surface area contributed by atoms with E-state index in [4.69, 9.17) is 5.73 Å². The first-order valence-electron chi connectivity index (χ1n) is 8.48. The smallest absolute Gasteiger partial charge is 0.275 e. The molecular weight excluding hydrogens is 368 g/mol. The Hall–Kier alpha value is -3.87. The van der Waals surface area contributed by atoms with Crippen molar-refractivity contribution in [3.05, 3.63) is 81.0 Å². The fourth-order valence-electron chi connectivity index (χ4n) is 3.25. The summed E-state index contributed by atoms with van der Waals surface area (Å²) < 4.78 is 1.46. The Bertz CT molecular complexity index is 1370. The second-order valence-corrected chi connectivity index (χ2v) is 7.31. The first-order valence-corrected chi connectivity index (χ1v) is 9.36. The second kappa shape index (κ2) is 6.70. The van der Waals surface area contributed by atoms with Crippen molar-refractivity contribution in [3.63, 3.8) is 0 Å². The number of pyridine rings is 1. The van der Waals surface area contributed by atoms with Crippen molar-refractivity contribution in [1.29, 1.82) is 10.5 Å². The molecule has 0 amide bonds. The van der Waals surface area contributed by atoms with E-state index in [1.165, 1.54) is 4.57 Å². The van der Waals surface area contributed by atoms with Crippen molar-refractivity contribution < 1.29 is 0 Å². The first-order chi connectivity index (χ1) is 13.5. The zero-order valence-corrected chi connectivity index (χ0v) is 15.7. The van der Waals surface area contributed by atoms with Crippen molar-refractivity contribution in [3.8, 4) is 28.3 Å². The summed E-state index contributed by atoms with van der Waals surface area (Å²) in [7, 11) is 0. The molecule has 0 spiro atoms. The number of rotatable bonds is 2. The lowest BCUT2D eigenvalue weighted by molar-refractivity contribution is 1.03.